The van der Waals surface area contributed by atoms with Crippen molar-refractivity contribution in [3.8, 4) is 0 Å². The Morgan fingerprint density at radius 3 is 2.61 bits per heavy atom. The first-order valence-corrected chi connectivity index (χ1v) is 6.93. The van der Waals surface area contributed by atoms with Crippen molar-refractivity contribution in [2.45, 2.75) is 24.8 Å². The van der Waals surface area contributed by atoms with Crippen LogP contribution in [-0.2, 0) is 10.0 Å². The smallest absolute Gasteiger partial charge is 0.245 e. The van der Waals surface area contributed by atoms with E-state index >= 15 is 0 Å². The first-order chi connectivity index (χ1) is 8.32. The zero-order valence-electron chi connectivity index (χ0n) is 10.4. The van der Waals surface area contributed by atoms with Crippen LogP contribution >= 0.6 is 0 Å². The Labute approximate surface area is 107 Å². The van der Waals surface area contributed by atoms with Gasteiger partial charge in [-0.1, -0.05) is 12.1 Å². The lowest BCUT2D eigenvalue weighted by atomic mass is 10.3. The molecule has 0 radical (unpaired) electrons. The Kier molecular flexibility index (Phi) is 4.48. The van der Waals surface area contributed by atoms with Crippen molar-refractivity contribution in [3.05, 3.63) is 36.7 Å². The summed E-state index contributed by atoms with van der Waals surface area (Å²) in [7, 11) is -3.82. The highest BCUT2D eigenvalue weighted by Crippen LogP contribution is 2.25. The average molecular weight is 272 g/mol. The zero-order valence-corrected chi connectivity index (χ0v) is 11.2. The van der Waals surface area contributed by atoms with Gasteiger partial charge in [-0.3, -0.25) is 0 Å². The highest BCUT2D eigenvalue weighted by molar-refractivity contribution is 7.89. The van der Waals surface area contributed by atoms with Gasteiger partial charge in [0.25, 0.3) is 0 Å². The number of benzene rings is 1. The monoisotopic (exact) mass is 272 g/mol. The minimum Gasteiger partial charge on any atom is -0.395 e. The molecule has 1 aromatic carbocycles. The van der Waals surface area contributed by atoms with Crippen molar-refractivity contribution >= 4 is 15.7 Å². The fourth-order valence-corrected chi connectivity index (χ4v) is 3.32. The van der Waals surface area contributed by atoms with Crippen molar-refractivity contribution in [2.75, 3.05) is 12.3 Å². The molecule has 0 aliphatic heterocycles. The second-order valence-electron chi connectivity index (χ2n) is 4.11. The number of halogens is 1. The van der Waals surface area contributed by atoms with Crippen molar-refractivity contribution in [2.24, 2.45) is 0 Å². The van der Waals surface area contributed by atoms with Gasteiger partial charge in [0.2, 0.25) is 10.0 Å². The number of para-hydroxylation sites is 1. The van der Waals surface area contributed by atoms with E-state index in [1.807, 2.05) is 0 Å². The average Bonchev–Trinajstić information content (AvgIpc) is 2.28. The van der Waals surface area contributed by atoms with E-state index in [-0.39, 0.29) is 23.2 Å². The van der Waals surface area contributed by atoms with Crippen LogP contribution in [0.25, 0.3) is 0 Å². The minimum atomic E-state index is -3.82. The van der Waals surface area contributed by atoms with Crippen molar-refractivity contribution in [1.82, 2.24) is 4.31 Å². The first-order valence-electron chi connectivity index (χ1n) is 5.49. The van der Waals surface area contributed by atoms with Gasteiger partial charge in [0.05, 0.1) is 5.69 Å². The molecule has 0 aliphatic carbocycles. The summed E-state index contributed by atoms with van der Waals surface area (Å²) in [6.07, 6.45) is 1.48. The molecule has 100 valence electrons. The molecule has 0 aromatic heterocycles. The van der Waals surface area contributed by atoms with Crippen LogP contribution in [0.2, 0.25) is 0 Å². The van der Waals surface area contributed by atoms with Gasteiger partial charge < -0.3 is 5.73 Å². The maximum atomic E-state index is 13.3. The number of anilines is 1. The molecule has 0 unspecified atom stereocenters. The number of hydrogen-bond acceptors (Lipinski definition) is 3. The largest absolute Gasteiger partial charge is 0.395 e. The molecule has 4 nitrogen and oxygen atoms in total. The van der Waals surface area contributed by atoms with Crippen molar-refractivity contribution in [1.29, 1.82) is 0 Å². The molecule has 0 saturated carbocycles. The standard InChI is InChI=1S/C12H17FN2O2S/c1-4-8-15(9(2)3)18(16,17)11-7-5-6-10(13)12(11)14/h4-7,9H,1,8,14H2,2-3H3. The van der Waals surface area contributed by atoms with Crippen LogP contribution in [0.1, 0.15) is 13.8 Å². The lowest BCUT2D eigenvalue weighted by molar-refractivity contribution is 0.383. The van der Waals surface area contributed by atoms with Crippen LogP contribution in [0.5, 0.6) is 0 Å². The van der Waals surface area contributed by atoms with Gasteiger partial charge in [-0.25, -0.2) is 12.8 Å². The van der Waals surface area contributed by atoms with Crippen LogP contribution in [0, 0.1) is 5.82 Å². The molecule has 0 spiro atoms. The van der Waals surface area contributed by atoms with E-state index in [1.54, 1.807) is 13.8 Å². The number of nitrogens with zero attached hydrogens (tertiary/aromatic N) is 1. The Bertz CT molecular complexity index is 541. The summed E-state index contributed by atoms with van der Waals surface area (Å²) in [4.78, 5) is -0.210. The molecule has 0 bridgehead atoms. The van der Waals surface area contributed by atoms with E-state index in [2.05, 4.69) is 6.58 Å². The number of nitrogens with two attached hydrogens (primary N) is 1. The molecule has 0 atom stereocenters. The maximum absolute atomic E-state index is 13.3. The Hall–Kier alpha value is -1.40. The van der Waals surface area contributed by atoms with Gasteiger partial charge in [-0.05, 0) is 26.0 Å². The van der Waals surface area contributed by atoms with Gasteiger partial charge in [-0.2, -0.15) is 4.31 Å². The van der Waals surface area contributed by atoms with Crippen LogP contribution in [0.4, 0.5) is 10.1 Å². The lowest BCUT2D eigenvalue weighted by Crippen LogP contribution is -2.37. The summed E-state index contributed by atoms with van der Waals surface area (Å²) in [5.74, 6) is -0.738. The number of hydrogen-bond donors (Lipinski definition) is 1. The van der Waals surface area contributed by atoms with Crippen LogP contribution in [0.3, 0.4) is 0 Å². The fraction of sp³-hybridized carbons (Fsp3) is 0.333. The predicted octanol–water partition coefficient (Wildman–Crippen LogP) is 1.99. The van der Waals surface area contributed by atoms with Gasteiger partial charge in [-0.15, -0.1) is 6.58 Å². The SMILES string of the molecule is C=CCN(C(C)C)S(=O)(=O)c1cccc(F)c1N. The predicted molar refractivity (Wildman–Crippen MR) is 70.0 cm³/mol. The zero-order chi connectivity index (χ0) is 13.9. The normalized spacial score (nSPS) is 12.1. The van der Waals surface area contributed by atoms with Crippen molar-refractivity contribution in [3.63, 3.8) is 0 Å². The summed E-state index contributed by atoms with van der Waals surface area (Å²) in [5.41, 5.74) is 5.14. The molecular formula is C12H17FN2O2S. The second-order valence-corrected chi connectivity index (χ2v) is 5.97. The molecule has 0 aliphatic rings. The molecule has 1 rings (SSSR count). The summed E-state index contributed by atoms with van der Waals surface area (Å²) in [6, 6.07) is 3.48. The summed E-state index contributed by atoms with van der Waals surface area (Å²) in [5, 5.41) is 0. The van der Waals surface area contributed by atoms with Gasteiger partial charge >= 0.3 is 0 Å². The van der Waals surface area contributed by atoms with Crippen molar-refractivity contribution < 1.29 is 12.8 Å². The molecule has 0 heterocycles. The summed E-state index contributed by atoms with van der Waals surface area (Å²) < 4.78 is 39.3. The minimum absolute atomic E-state index is 0.149. The lowest BCUT2D eigenvalue weighted by Gasteiger charge is -2.25. The Morgan fingerprint density at radius 1 is 1.50 bits per heavy atom. The molecule has 6 heteroatoms. The number of nitrogen functional groups attached to an aromatic ring is 1. The van der Waals surface area contributed by atoms with E-state index in [0.29, 0.717) is 0 Å². The molecular weight excluding hydrogens is 255 g/mol. The van der Waals surface area contributed by atoms with Gasteiger partial charge in [0.1, 0.15) is 10.7 Å². The van der Waals surface area contributed by atoms with E-state index in [1.165, 1.54) is 22.5 Å². The molecule has 0 saturated heterocycles. The van der Waals surface area contributed by atoms with Gasteiger partial charge in [0, 0.05) is 12.6 Å². The molecule has 1 aromatic rings. The Balaban J connectivity index is 3.35. The third-order valence-electron chi connectivity index (χ3n) is 2.48. The third kappa shape index (κ3) is 2.70. The van der Waals surface area contributed by atoms with Crippen LogP contribution in [0.15, 0.2) is 35.7 Å². The number of rotatable bonds is 5. The van der Waals surface area contributed by atoms with Gasteiger partial charge in [0.15, 0.2) is 0 Å². The van der Waals surface area contributed by atoms with E-state index < -0.39 is 15.8 Å². The topological polar surface area (TPSA) is 63.4 Å². The number of sulfonamides is 1. The van der Waals surface area contributed by atoms with Crippen LogP contribution in [-0.4, -0.2) is 25.3 Å². The highest BCUT2D eigenvalue weighted by Gasteiger charge is 2.28. The quantitative estimate of drug-likeness (QED) is 0.658. The van der Waals surface area contributed by atoms with E-state index in [0.717, 1.165) is 6.07 Å². The first kappa shape index (κ1) is 14.7. The summed E-state index contributed by atoms with van der Waals surface area (Å²) >= 11 is 0. The third-order valence-corrected chi connectivity index (χ3v) is 4.58. The van der Waals surface area contributed by atoms with E-state index in [9.17, 15) is 12.8 Å². The van der Waals surface area contributed by atoms with E-state index in [4.69, 9.17) is 5.73 Å². The maximum Gasteiger partial charge on any atom is 0.245 e. The molecule has 2 N–H and O–H groups in total. The molecule has 0 fully saturated rings. The Morgan fingerprint density at radius 2 is 2.11 bits per heavy atom. The highest BCUT2D eigenvalue weighted by atomic mass is 32.2. The fourth-order valence-electron chi connectivity index (χ4n) is 1.58. The van der Waals surface area contributed by atoms with Crippen LogP contribution < -0.4 is 5.73 Å². The second kappa shape index (κ2) is 5.49. The molecule has 18 heavy (non-hydrogen) atoms. The summed E-state index contributed by atoms with van der Waals surface area (Å²) in [6.45, 7) is 7.13. The molecule has 0 amide bonds.